The number of anilines is 1. The molecule has 0 aromatic heterocycles. The van der Waals surface area contributed by atoms with E-state index in [-0.39, 0.29) is 0 Å². The van der Waals surface area contributed by atoms with E-state index >= 15 is 0 Å². The number of rotatable bonds is 6. The first kappa shape index (κ1) is 16.6. The zero-order chi connectivity index (χ0) is 16.7. The van der Waals surface area contributed by atoms with E-state index in [1.807, 2.05) is 36.4 Å². The second-order valence-electron chi connectivity index (χ2n) is 5.45. The van der Waals surface area contributed by atoms with Crippen LogP contribution in [0.4, 0.5) is 5.69 Å². The number of hydrogen-bond acceptors (Lipinski definition) is 3. The summed E-state index contributed by atoms with van der Waals surface area (Å²) in [7, 11) is 0. The molecule has 2 aromatic carbocycles. The van der Waals surface area contributed by atoms with Crippen molar-refractivity contribution < 1.29 is 0 Å². The van der Waals surface area contributed by atoms with Crippen molar-refractivity contribution in [2.75, 3.05) is 18.0 Å². The molecule has 0 bridgehead atoms. The van der Waals surface area contributed by atoms with Gasteiger partial charge in [-0.1, -0.05) is 36.4 Å². The molecule has 116 valence electrons. The Morgan fingerprint density at radius 2 is 1.30 bits per heavy atom. The molecule has 0 fully saturated rings. The third kappa shape index (κ3) is 4.11. The van der Waals surface area contributed by atoms with E-state index in [4.69, 9.17) is 10.5 Å². The SMILES string of the molecule is CCN(CC)c1ccc(Cc2ccc(C(C#N)C#N)cc2)cc1. The number of benzene rings is 2. The summed E-state index contributed by atoms with van der Waals surface area (Å²) in [6.45, 7) is 6.34. The Labute approximate surface area is 138 Å². The Bertz CT molecular complexity index is 685. The van der Waals surface area contributed by atoms with Crippen LogP contribution in [-0.4, -0.2) is 13.1 Å². The fraction of sp³-hybridized carbons (Fsp3) is 0.300. The largest absolute Gasteiger partial charge is 0.372 e. The molecule has 0 atom stereocenters. The molecule has 0 aliphatic rings. The maximum Gasteiger partial charge on any atom is 0.158 e. The van der Waals surface area contributed by atoms with Gasteiger partial charge in [0, 0.05) is 18.8 Å². The first-order valence-electron chi connectivity index (χ1n) is 7.93. The minimum absolute atomic E-state index is 0.683. The molecule has 23 heavy (non-hydrogen) atoms. The van der Waals surface area contributed by atoms with E-state index in [0.29, 0.717) is 0 Å². The van der Waals surface area contributed by atoms with Gasteiger partial charge < -0.3 is 4.90 Å². The van der Waals surface area contributed by atoms with Gasteiger partial charge in [0.2, 0.25) is 0 Å². The lowest BCUT2D eigenvalue weighted by Gasteiger charge is -2.21. The highest BCUT2D eigenvalue weighted by Gasteiger charge is 2.08. The van der Waals surface area contributed by atoms with Gasteiger partial charge in [-0.25, -0.2) is 0 Å². The van der Waals surface area contributed by atoms with Crippen LogP contribution >= 0.6 is 0 Å². The van der Waals surface area contributed by atoms with Gasteiger partial charge in [0.25, 0.3) is 0 Å². The molecule has 0 radical (unpaired) electrons. The molecule has 0 saturated carbocycles. The normalized spacial score (nSPS) is 10.1. The molecule has 2 rings (SSSR count). The molecule has 0 amide bonds. The Kier molecular flexibility index (Phi) is 5.78. The summed E-state index contributed by atoms with van der Waals surface area (Å²) in [5, 5.41) is 17.8. The second kappa shape index (κ2) is 8.01. The Hall–Kier alpha value is -2.78. The van der Waals surface area contributed by atoms with Crippen LogP contribution in [0.2, 0.25) is 0 Å². The van der Waals surface area contributed by atoms with E-state index in [9.17, 15) is 0 Å². The number of nitriles is 2. The third-order valence-corrected chi connectivity index (χ3v) is 4.04. The fourth-order valence-electron chi connectivity index (χ4n) is 2.65. The van der Waals surface area contributed by atoms with E-state index in [2.05, 4.69) is 43.0 Å². The van der Waals surface area contributed by atoms with Gasteiger partial charge in [-0.2, -0.15) is 10.5 Å². The van der Waals surface area contributed by atoms with Gasteiger partial charge in [-0.05, 0) is 49.1 Å². The van der Waals surface area contributed by atoms with E-state index in [0.717, 1.165) is 25.1 Å². The summed E-state index contributed by atoms with van der Waals surface area (Å²) in [5.74, 6) is -0.683. The molecule has 0 unspecified atom stereocenters. The highest BCUT2D eigenvalue weighted by atomic mass is 15.1. The van der Waals surface area contributed by atoms with Gasteiger partial charge in [0.1, 0.15) is 0 Å². The molecule has 0 aliphatic carbocycles. The van der Waals surface area contributed by atoms with Gasteiger partial charge in [0.15, 0.2) is 5.92 Å². The average Bonchev–Trinajstić information content (AvgIpc) is 2.60. The summed E-state index contributed by atoms with van der Waals surface area (Å²) in [5.41, 5.74) is 4.44. The minimum atomic E-state index is -0.683. The molecule has 3 nitrogen and oxygen atoms in total. The van der Waals surface area contributed by atoms with Crippen LogP contribution in [0.5, 0.6) is 0 Å². The first-order chi connectivity index (χ1) is 11.2. The maximum absolute atomic E-state index is 8.92. The number of nitrogens with zero attached hydrogens (tertiary/aromatic N) is 3. The predicted octanol–water partition coefficient (Wildman–Crippen LogP) is 4.25. The van der Waals surface area contributed by atoms with Crippen molar-refractivity contribution in [3.05, 3.63) is 65.2 Å². The minimum Gasteiger partial charge on any atom is -0.372 e. The van der Waals surface area contributed by atoms with E-state index in [1.54, 1.807) is 0 Å². The lowest BCUT2D eigenvalue weighted by Crippen LogP contribution is -2.21. The standard InChI is InChI=1S/C20H21N3/c1-3-23(4-2)20-11-7-17(8-12-20)13-16-5-9-18(10-6-16)19(14-21)15-22/h5-12,19H,3-4,13H2,1-2H3. The quantitative estimate of drug-likeness (QED) is 0.801. The van der Waals surface area contributed by atoms with Crippen molar-refractivity contribution >= 4 is 5.69 Å². The van der Waals surface area contributed by atoms with Crippen LogP contribution in [0, 0.1) is 22.7 Å². The van der Waals surface area contributed by atoms with Crippen LogP contribution in [0.1, 0.15) is 36.5 Å². The van der Waals surface area contributed by atoms with Crippen molar-refractivity contribution in [3.63, 3.8) is 0 Å². The highest BCUT2D eigenvalue weighted by Crippen LogP contribution is 2.19. The molecule has 0 heterocycles. The van der Waals surface area contributed by atoms with Crippen molar-refractivity contribution in [3.8, 4) is 12.1 Å². The van der Waals surface area contributed by atoms with Gasteiger partial charge >= 0.3 is 0 Å². The fourth-order valence-corrected chi connectivity index (χ4v) is 2.65. The Morgan fingerprint density at radius 1 is 0.826 bits per heavy atom. The summed E-state index contributed by atoms with van der Waals surface area (Å²) >= 11 is 0. The summed E-state index contributed by atoms with van der Waals surface area (Å²) in [6, 6.07) is 20.4. The Balaban J connectivity index is 2.08. The van der Waals surface area contributed by atoms with Crippen molar-refractivity contribution in [2.45, 2.75) is 26.2 Å². The topological polar surface area (TPSA) is 50.8 Å². The van der Waals surface area contributed by atoms with Gasteiger partial charge in [-0.15, -0.1) is 0 Å². The molecule has 0 aliphatic heterocycles. The summed E-state index contributed by atoms with van der Waals surface area (Å²) in [4.78, 5) is 2.32. The molecule has 0 saturated heterocycles. The molecular weight excluding hydrogens is 282 g/mol. The number of hydrogen-bond donors (Lipinski definition) is 0. The van der Waals surface area contributed by atoms with E-state index in [1.165, 1.54) is 16.8 Å². The smallest absolute Gasteiger partial charge is 0.158 e. The maximum atomic E-state index is 8.92. The van der Waals surface area contributed by atoms with Crippen molar-refractivity contribution in [2.24, 2.45) is 0 Å². The molecule has 0 spiro atoms. The lowest BCUT2D eigenvalue weighted by atomic mass is 9.98. The highest BCUT2D eigenvalue weighted by molar-refractivity contribution is 5.48. The van der Waals surface area contributed by atoms with Crippen LogP contribution in [0.3, 0.4) is 0 Å². The molecule has 0 N–H and O–H groups in total. The Morgan fingerprint density at radius 3 is 1.74 bits per heavy atom. The monoisotopic (exact) mass is 303 g/mol. The summed E-state index contributed by atoms with van der Waals surface area (Å²) < 4.78 is 0. The molecular formula is C20H21N3. The predicted molar refractivity (Wildman–Crippen MR) is 93.2 cm³/mol. The van der Waals surface area contributed by atoms with Gasteiger partial charge in [0.05, 0.1) is 12.1 Å². The average molecular weight is 303 g/mol. The zero-order valence-corrected chi connectivity index (χ0v) is 13.7. The van der Waals surface area contributed by atoms with Crippen LogP contribution in [0.15, 0.2) is 48.5 Å². The lowest BCUT2D eigenvalue weighted by molar-refractivity contribution is 0.866. The zero-order valence-electron chi connectivity index (χ0n) is 13.7. The van der Waals surface area contributed by atoms with Crippen molar-refractivity contribution in [1.82, 2.24) is 0 Å². The van der Waals surface area contributed by atoms with Gasteiger partial charge in [-0.3, -0.25) is 0 Å². The van der Waals surface area contributed by atoms with E-state index < -0.39 is 5.92 Å². The second-order valence-corrected chi connectivity index (χ2v) is 5.45. The molecule has 3 heteroatoms. The first-order valence-corrected chi connectivity index (χ1v) is 7.93. The third-order valence-electron chi connectivity index (χ3n) is 4.04. The summed E-state index contributed by atoms with van der Waals surface area (Å²) in [6.07, 6.45) is 0.850. The van der Waals surface area contributed by atoms with Crippen molar-refractivity contribution in [1.29, 1.82) is 10.5 Å². The van der Waals surface area contributed by atoms with Crippen LogP contribution < -0.4 is 4.90 Å². The van der Waals surface area contributed by atoms with Crippen LogP contribution in [0.25, 0.3) is 0 Å². The van der Waals surface area contributed by atoms with Crippen LogP contribution in [-0.2, 0) is 6.42 Å². The molecule has 2 aromatic rings.